The van der Waals surface area contributed by atoms with E-state index in [9.17, 15) is 9.59 Å². The monoisotopic (exact) mass is 267 g/mol. The van der Waals surface area contributed by atoms with Crippen LogP contribution in [0.1, 0.15) is 21.7 Å². The van der Waals surface area contributed by atoms with E-state index < -0.39 is 0 Å². The summed E-state index contributed by atoms with van der Waals surface area (Å²) in [6, 6.07) is 8.86. The second kappa shape index (κ2) is 4.49. The Balaban J connectivity index is 2.28. The third kappa shape index (κ3) is 1.95. The molecule has 100 valence electrons. The Bertz CT molecular complexity index is 871. The molecule has 0 unspecified atom stereocenters. The van der Waals surface area contributed by atoms with E-state index in [2.05, 4.69) is 4.98 Å². The lowest BCUT2D eigenvalue weighted by molar-refractivity contribution is 0.110. The van der Waals surface area contributed by atoms with E-state index in [-0.39, 0.29) is 11.3 Å². The first kappa shape index (κ1) is 12.4. The lowest BCUT2D eigenvalue weighted by Crippen LogP contribution is -2.05. The first-order valence-electron chi connectivity index (χ1n) is 6.28. The minimum absolute atomic E-state index is 0.127. The molecule has 0 saturated heterocycles. The van der Waals surface area contributed by atoms with Crippen LogP contribution in [0.25, 0.3) is 22.2 Å². The van der Waals surface area contributed by atoms with Crippen LogP contribution in [0.15, 0.2) is 39.5 Å². The highest BCUT2D eigenvalue weighted by molar-refractivity contribution is 5.87. The predicted molar refractivity (Wildman–Crippen MR) is 77.1 cm³/mol. The van der Waals surface area contributed by atoms with Gasteiger partial charge in [0.15, 0.2) is 12.0 Å². The van der Waals surface area contributed by atoms with Crippen LogP contribution in [0.5, 0.6) is 0 Å². The van der Waals surface area contributed by atoms with Crippen molar-refractivity contribution in [3.05, 3.63) is 57.6 Å². The molecule has 0 aliphatic rings. The SMILES string of the molecule is Cc1cc2c(C)cc(=O)[nH]c2cc1-c1ccc(C=O)o1. The van der Waals surface area contributed by atoms with Gasteiger partial charge in [-0.25, -0.2) is 0 Å². The highest BCUT2D eigenvalue weighted by Gasteiger charge is 2.10. The third-order valence-corrected chi connectivity index (χ3v) is 3.40. The van der Waals surface area contributed by atoms with Gasteiger partial charge in [0.05, 0.1) is 0 Å². The van der Waals surface area contributed by atoms with Crippen LogP contribution in [-0.2, 0) is 0 Å². The van der Waals surface area contributed by atoms with Crippen LogP contribution in [0.3, 0.4) is 0 Å². The first-order valence-corrected chi connectivity index (χ1v) is 6.28. The van der Waals surface area contributed by atoms with Crippen molar-refractivity contribution < 1.29 is 9.21 Å². The summed E-state index contributed by atoms with van der Waals surface area (Å²) in [7, 11) is 0. The molecule has 2 aromatic heterocycles. The maximum atomic E-state index is 11.6. The fourth-order valence-electron chi connectivity index (χ4n) is 2.41. The molecule has 1 aromatic carbocycles. The van der Waals surface area contributed by atoms with Crippen LogP contribution >= 0.6 is 0 Å². The van der Waals surface area contributed by atoms with Gasteiger partial charge in [-0.15, -0.1) is 0 Å². The summed E-state index contributed by atoms with van der Waals surface area (Å²) < 4.78 is 5.45. The maximum absolute atomic E-state index is 11.6. The number of carbonyl (C=O) groups is 1. The highest BCUT2D eigenvalue weighted by Crippen LogP contribution is 2.29. The number of aromatic nitrogens is 1. The van der Waals surface area contributed by atoms with Crippen molar-refractivity contribution in [1.82, 2.24) is 4.98 Å². The topological polar surface area (TPSA) is 63.1 Å². The van der Waals surface area contributed by atoms with Gasteiger partial charge in [0, 0.05) is 22.5 Å². The summed E-state index contributed by atoms with van der Waals surface area (Å²) in [4.78, 5) is 25.1. The molecule has 1 N–H and O–H groups in total. The van der Waals surface area contributed by atoms with Crippen LogP contribution in [0.4, 0.5) is 0 Å². The molecule has 0 aliphatic carbocycles. The van der Waals surface area contributed by atoms with Crippen LogP contribution in [0.2, 0.25) is 0 Å². The highest BCUT2D eigenvalue weighted by atomic mass is 16.3. The van der Waals surface area contributed by atoms with Gasteiger partial charge in [0.25, 0.3) is 0 Å². The number of fused-ring (bicyclic) bond motifs is 1. The Morgan fingerprint density at radius 2 is 1.90 bits per heavy atom. The molecule has 2 heterocycles. The number of pyridine rings is 1. The summed E-state index contributed by atoms with van der Waals surface area (Å²) in [5.74, 6) is 0.908. The van der Waals surface area contributed by atoms with Gasteiger partial charge in [0.2, 0.25) is 5.56 Å². The zero-order valence-corrected chi connectivity index (χ0v) is 11.2. The smallest absolute Gasteiger partial charge is 0.248 e. The Morgan fingerprint density at radius 1 is 1.10 bits per heavy atom. The molecule has 0 radical (unpaired) electrons. The second-order valence-electron chi connectivity index (χ2n) is 4.85. The molecular formula is C16H13NO3. The number of rotatable bonds is 2. The number of hydrogen-bond donors (Lipinski definition) is 1. The molecule has 0 aliphatic heterocycles. The third-order valence-electron chi connectivity index (χ3n) is 3.40. The van der Waals surface area contributed by atoms with Crippen molar-refractivity contribution in [2.75, 3.05) is 0 Å². The average Bonchev–Trinajstić information content (AvgIpc) is 2.87. The van der Waals surface area contributed by atoms with Crippen molar-refractivity contribution in [2.24, 2.45) is 0 Å². The molecule has 0 amide bonds. The number of aldehydes is 1. The van der Waals surface area contributed by atoms with Gasteiger partial charge < -0.3 is 9.40 Å². The number of hydrogen-bond acceptors (Lipinski definition) is 3. The number of carbonyl (C=O) groups excluding carboxylic acids is 1. The molecular weight excluding hydrogens is 254 g/mol. The molecule has 4 nitrogen and oxygen atoms in total. The molecule has 0 saturated carbocycles. The largest absolute Gasteiger partial charge is 0.453 e. The molecule has 3 aromatic rings. The summed E-state index contributed by atoms with van der Waals surface area (Å²) in [6.07, 6.45) is 0.673. The Kier molecular flexibility index (Phi) is 2.79. The van der Waals surface area contributed by atoms with Gasteiger partial charge >= 0.3 is 0 Å². The number of aromatic amines is 1. The van der Waals surface area contributed by atoms with E-state index in [1.54, 1.807) is 18.2 Å². The summed E-state index contributed by atoms with van der Waals surface area (Å²) >= 11 is 0. The molecule has 0 bridgehead atoms. The van der Waals surface area contributed by atoms with Gasteiger partial charge in [-0.1, -0.05) is 0 Å². The Labute approximate surface area is 115 Å². The number of aryl methyl sites for hydroxylation is 2. The van der Waals surface area contributed by atoms with Crippen molar-refractivity contribution in [3.8, 4) is 11.3 Å². The van der Waals surface area contributed by atoms with Gasteiger partial charge in [0.1, 0.15) is 5.76 Å². The number of benzene rings is 1. The minimum atomic E-state index is -0.127. The summed E-state index contributed by atoms with van der Waals surface area (Å²) in [6.45, 7) is 3.89. The molecule has 20 heavy (non-hydrogen) atoms. The normalized spacial score (nSPS) is 10.9. The quantitative estimate of drug-likeness (QED) is 0.725. The zero-order chi connectivity index (χ0) is 14.3. The standard InChI is InChI=1S/C16H13NO3/c1-9-5-12-10(2)6-16(19)17-14(12)7-13(9)15-4-3-11(8-18)20-15/h3-8H,1-2H3,(H,17,19). The fraction of sp³-hybridized carbons (Fsp3) is 0.125. The van der Waals surface area contributed by atoms with E-state index in [4.69, 9.17) is 4.42 Å². The molecule has 0 spiro atoms. The molecule has 0 fully saturated rings. The Morgan fingerprint density at radius 3 is 2.60 bits per heavy atom. The van der Waals surface area contributed by atoms with Gasteiger partial charge in [-0.3, -0.25) is 9.59 Å². The van der Waals surface area contributed by atoms with Crippen molar-refractivity contribution in [1.29, 1.82) is 0 Å². The lowest BCUT2D eigenvalue weighted by Gasteiger charge is -2.07. The van der Waals surface area contributed by atoms with Gasteiger partial charge in [-0.2, -0.15) is 0 Å². The number of H-pyrrole nitrogens is 1. The summed E-state index contributed by atoms with van der Waals surface area (Å²) in [5, 5.41) is 1.01. The van der Waals surface area contributed by atoms with E-state index in [0.29, 0.717) is 12.0 Å². The predicted octanol–water partition coefficient (Wildman–Crippen LogP) is 3.22. The van der Waals surface area contributed by atoms with Gasteiger partial charge in [-0.05, 0) is 49.2 Å². The number of furan rings is 1. The maximum Gasteiger partial charge on any atom is 0.248 e. The summed E-state index contributed by atoms with van der Waals surface area (Å²) in [5.41, 5.74) is 3.47. The minimum Gasteiger partial charge on any atom is -0.453 e. The molecule has 4 heteroatoms. The molecule has 0 atom stereocenters. The van der Waals surface area contributed by atoms with E-state index in [1.807, 2.05) is 26.0 Å². The van der Waals surface area contributed by atoms with Crippen molar-refractivity contribution in [2.45, 2.75) is 13.8 Å². The van der Waals surface area contributed by atoms with Crippen LogP contribution < -0.4 is 5.56 Å². The lowest BCUT2D eigenvalue weighted by atomic mass is 10.0. The zero-order valence-electron chi connectivity index (χ0n) is 11.2. The van der Waals surface area contributed by atoms with Crippen LogP contribution in [0, 0.1) is 13.8 Å². The van der Waals surface area contributed by atoms with E-state index in [0.717, 1.165) is 27.6 Å². The number of nitrogens with one attached hydrogen (secondary N) is 1. The fourth-order valence-corrected chi connectivity index (χ4v) is 2.41. The first-order chi connectivity index (χ1) is 9.58. The van der Waals surface area contributed by atoms with Crippen molar-refractivity contribution in [3.63, 3.8) is 0 Å². The molecule has 3 rings (SSSR count). The van der Waals surface area contributed by atoms with Crippen molar-refractivity contribution >= 4 is 17.2 Å². The van der Waals surface area contributed by atoms with Crippen LogP contribution in [-0.4, -0.2) is 11.3 Å². The Hall–Kier alpha value is -2.62. The van der Waals surface area contributed by atoms with E-state index >= 15 is 0 Å². The second-order valence-corrected chi connectivity index (χ2v) is 4.85. The average molecular weight is 267 g/mol. The van der Waals surface area contributed by atoms with E-state index in [1.165, 1.54) is 0 Å².